The van der Waals surface area contributed by atoms with Crippen LogP contribution in [0.5, 0.6) is 0 Å². The molecule has 1 fully saturated rings. The van der Waals surface area contributed by atoms with Crippen LogP contribution in [0, 0.1) is 5.41 Å². The number of aldehydes is 1. The number of imidazole rings is 1. The Balaban J connectivity index is 1.22. The number of piperazine rings is 1. The number of hydrogen-bond donors (Lipinski definition) is 5. The van der Waals surface area contributed by atoms with Gasteiger partial charge in [0, 0.05) is 62.2 Å². The minimum Gasteiger partial charge on any atom is -0.387 e. The van der Waals surface area contributed by atoms with E-state index in [2.05, 4.69) is 58.0 Å². The van der Waals surface area contributed by atoms with Gasteiger partial charge in [0.15, 0.2) is 5.82 Å². The molecule has 1 saturated heterocycles. The minimum absolute atomic E-state index is 0.0344. The smallest absolute Gasteiger partial charge is 0.222 e. The van der Waals surface area contributed by atoms with Crippen LogP contribution in [0.3, 0.4) is 0 Å². The number of unbranched alkanes of at least 4 members (excludes halogenated alkanes) is 2. The molecule has 0 saturated carbocycles. The molecule has 2 unspecified atom stereocenters. The highest BCUT2D eigenvalue weighted by atomic mass is 16.5. The summed E-state index contributed by atoms with van der Waals surface area (Å²) >= 11 is 0. The number of ether oxygens (including phenoxy) is 1. The van der Waals surface area contributed by atoms with Crippen molar-refractivity contribution in [3.8, 4) is 0 Å². The largest absolute Gasteiger partial charge is 0.387 e. The second-order valence-corrected chi connectivity index (χ2v) is 13.9. The van der Waals surface area contributed by atoms with Gasteiger partial charge in [0.2, 0.25) is 5.91 Å². The van der Waals surface area contributed by atoms with E-state index in [1.807, 2.05) is 6.07 Å². The zero-order chi connectivity index (χ0) is 33.3. The van der Waals surface area contributed by atoms with Crippen LogP contribution >= 0.6 is 0 Å². The van der Waals surface area contributed by atoms with Crippen LogP contribution in [0.2, 0.25) is 0 Å². The number of hydrogen-bond acceptors (Lipinski definition) is 10. The minimum atomic E-state index is -1.26. The standard InChI is InChI=1S/C34H54N8O4/c1-5-6-10-28-39-30-26-18-25(11-12-27(26)38-32(36)31(30)40-28)42-16-14-41(15-17-42)21-33(2,3)22-46-23-34(4,45)19-29(44)37-13-8-7-9-24(35)20-43/h11-12,18,20,24,45H,5-10,13-17,19,21-23,35H2,1-4H3,(H2,36,38)(H,37,44)(H,39,40). The summed E-state index contributed by atoms with van der Waals surface area (Å²) in [6.07, 6.45) is 5.88. The van der Waals surface area contributed by atoms with Gasteiger partial charge in [-0.3, -0.25) is 9.69 Å². The van der Waals surface area contributed by atoms with E-state index in [1.54, 1.807) is 6.92 Å². The van der Waals surface area contributed by atoms with Crippen LogP contribution in [0.4, 0.5) is 11.5 Å². The molecule has 1 aromatic carbocycles. The fourth-order valence-corrected chi connectivity index (χ4v) is 6.09. The van der Waals surface area contributed by atoms with E-state index in [4.69, 9.17) is 21.2 Å². The number of rotatable bonds is 18. The summed E-state index contributed by atoms with van der Waals surface area (Å²) in [5.74, 6) is 1.20. The molecule has 1 amide bonds. The van der Waals surface area contributed by atoms with Gasteiger partial charge in [-0.15, -0.1) is 0 Å². The van der Waals surface area contributed by atoms with Crippen molar-refractivity contribution in [1.82, 2.24) is 25.2 Å². The normalized spacial score (nSPS) is 16.5. The number of nitrogens with zero attached hydrogens (tertiary/aromatic N) is 4. The van der Waals surface area contributed by atoms with Crippen LogP contribution in [0.25, 0.3) is 21.9 Å². The van der Waals surface area contributed by atoms with E-state index in [1.165, 1.54) is 5.69 Å². The summed E-state index contributed by atoms with van der Waals surface area (Å²) in [5, 5.41) is 14.6. The predicted molar refractivity (Wildman–Crippen MR) is 184 cm³/mol. The molecule has 0 bridgehead atoms. The monoisotopic (exact) mass is 638 g/mol. The molecule has 0 aliphatic carbocycles. The number of aromatic nitrogens is 3. The summed E-state index contributed by atoms with van der Waals surface area (Å²) in [7, 11) is 0. The average Bonchev–Trinajstić information content (AvgIpc) is 3.44. The molecule has 12 nitrogen and oxygen atoms in total. The summed E-state index contributed by atoms with van der Waals surface area (Å²) in [4.78, 5) is 40.6. The number of pyridine rings is 1. The highest BCUT2D eigenvalue weighted by Gasteiger charge is 2.29. The highest BCUT2D eigenvalue weighted by molar-refractivity contribution is 6.07. The van der Waals surface area contributed by atoms with E-state index < -0.39 is 11.6 Å². The number of aliphatic hydroxyl groups is 1. The van der Waals surface area contributed by atoms with Crippen molar-refractivity contribution < 1.29 is 19.4 Å². The number of carbonyl (C=O) groups excluding carboxylic acids is 2. The predicted octanol–water partition coefficient (Wildman–Crippen LogP) is 3.15. The Morgan fingerprint density at radius 2 is 1.91 bits per heavy atom. The fourth-order valence-electron chi connectivity index (χ4n) is 6.09. The van der Waals surface area contributed by atoms with Gasteiger partial charge in [-0.1, -0.05) is 27.2 Å². The molecule has 2 atom stereocenters. The Labute approximate surface area is 272 Å². The molecular weight excluding hydrogens is 584 g/mol. The van der Waals surface area contributed by atoms with Crippen molar-refractivity contribution in [1.29, 1.82) is 0 Å². The highest BCUT2D eigenvalue weighted by Crippen LogP contribution is 2.30. The van der Waals surface area contributed by atoms with E-state index in [0.717, 1.165) is 98.9 Å². The molecule has 1 aliphatic rings. The number of aryl methyl sites for hydroxylation is 1. The van der Waals surface area contributed by atoms with Crippen molar-refractivity contribution in [2.24, 2.45) is 11.1 Å². The first kappa shape index (κ1) is 35.5. The van der Waals surface area contributed by atoms with Crippen molar-refractivity contribution >= 4 is 45.6 Å². The maximum atomic E-state index is 12.3. The van der Waals surface area contributed by atoms with Gasteiger partial charge < -0.3 is 41.3 Å². The van der Waals surface area contributed by atoms with E-state index >= 15 is 0 Å². The number of nitrogen functional groups attached to an aromatic ring is 1. The summed E-state index contributed by atoms with van der Waals surface area (Å²) < 4.78 is 5.95. The molecule has 3 heterocycles. The number of H-pyrrole nitrogens is 1. The first-order chi connectivity index (χ1) is 21.9. The zero-order valence-corrected chi connectivity index (χ0v) is 28.1. The number of amides is 1. The summed E-state index contributed by atoms with van der Waals surface area (Å²) in [6, 6.07) is 5.93. The average molecular weight is 639 g/mol. The summed E-state index contributed by atoms with van der Waals surface area (Å²) in [6.45, 7) is 13.7. The number of nitrogens with one attached hydrogen (secondary N) is 2. The zero-order valence-electron chi connectivity index (χ0n) is 28.1. The second-order valence-electron chi connectivity index (χ2n) is 13.9. The lowest BCUT2D eigenvalue weighted by Gasteiger charge is -2.40. The van der Waals surface area contributed by atoms with Crippen LogP contribution < -0.4 is 21.7 Å². The molecule has 0 spiro atoms. The SMILES string of the molecule is CCCCc1nc2c(N)nc3ccc(N4CCN(CC(C)(C)COCC(C)(O)CC(=O)NCCCCC(N)C=O)CC4)cc3c2[nH]1. The van der Waals surface area contributed by atoms with Crippen LogP contribution in [0.15, 0.2) is 18.2 Å². The van der Waals surface area contributed by atoms with Crippen molar-refractivity contribution in [3.63, 3.8) is 0 Å². The Hall–Kier alpha value is -3.32. The molecule has 254 valence electrons. The Morgan fingerprint density at radius 1 is 1.15 bits per heavy atom. The maximum absolute atomic E-state index is 12.3. The third kappa shape index (κ3) is 10.1. The van der Waals surface area contributed by atoms with Crippen molar-refractivity contribution in [2.75, 3.05) is 63.1 Å². The Kier molecular flexibility index (Phi) is 12.4. The fraction of sp³-hybridized carbons (Fsp3) is 0.647. The molecule has 46 heavy (non-hydrogen) atoms. The van der Waals surface area contributed by atoms with Crippen LogP contribution in [0.1, 0.15) is 72.0 Å². The van der Waals surface area contributed by atoms with Gasteiger partial charge in [-0.25, -0.2) is 9.97 Å². The van der Waals surface area contributed by atoms with E-state index in [9.17, 15) is 14.7 Å². The van der Waals surface area contributed by atoms with E-state index in [0.29, 0.717) is 25.4 Å². The molecular formula is C34H54N8O4. The lowest BCUT2D eigenvalue weighted by atomic mass is 9.93. The number of anilines is 2. The number of nitrogens with two attached hydrogens (primary N) is 2. The van der Waals surface area contributed by atoms with E-state index in [-0.39, 0.29) is 24.3 Å². The number of fused-ring (bicyclic) bond motifs is 3. The number of aromatic amines is 1. The van der Waals surface area contributed by atoms with Gasteiger partial charge in [-0.05, 0) is 50.8 Å². The quantitative estimate of drug-likeness (QED) is 0.103. The molecule has 12 heteroatoms. The van der Waals surface area contributed by atoms with Crippen molar-refractivity contribution in [3.05, 3.63) is 24.0 Å². The Bertz CT molecular complexity index is 1450. The first-order valence-corrected chi connectivity index (χ1v) is 16.7. The van der Waals surface area contributed by atoms with Gasteiger partial charge in [-0.2, -0.15) is 0 Å². The van der Waals surface area contributed by atoms with Crippen LogP contribution in [-0.2, 0) is 20.7 Å². The molecule has 1 aliphatic heterocycles. The van der Waals surface area contributed by atoms with Gasteiger partial charge in [0.05, 0.1) is 42.3 Å². The lowest BCUT2D eigenvalue weighted by Crippen LogP contribution is -2.50. The molecule has 2 aromatic heterocycles. The molecule has 0 radical (unpaired) electrons. The lowest BCUT2D eigenvalue weighted by molar-refractivity contribution is -0.129. The third-order valence-corrected chi connectivity index (χ3v) is 8.55. The topological polar surface area (TPSA) is 176 Å². The second kappa shape index (κ2) is 16.0. The van der Waals surface area contributed by atoms with Crippen molar-refractivity contribution in [2.45, 2.75) is 84.3 Å². The maximum Gasteiger partial charge on any atom is 0.222 e. The number of benzene rings is 1. The van der Waals surface area contributed by atoms with Crippen LogP contribution in [-0.4, -0.2) is 101 Å². The molecule has 4 rings (SSSR count). The van der Waals surface area contributed by atoms with Gasteiger partial charge in [0.1, 0.15) is 17.6 Å². The van der Waals surface area contributed by atoms with Gasteiger partial charge >= 0.3 is 0 Å². The molecule has 3 aromatic rings. The number of carbonyl (C=O) groups is 2. The first-order valence-electron chi connectivity index (χ1n) is 16.7. The summed E-state index contributed by atoms with van der Waals surface area (Å²) in [5.41, 5.74) is 14.2. The third-order valence-electron chi connectivity index (χ3n) is 8.55. The van der Waals surface area contributed by atoms with Gasteiger partial charge in [0.25, 0.3) is 0 Å². The molecule has 7 N–H and O–H groups in total. The Morgan fingerprint density at radius 3 is 2.63 bits per heavy atom.